The molecule has 168 valence electrons. The van der Waals surface area contributed by atoms with Gasteiger partial charge < -0.3 is 10.2 Å². The van der Waals surface area contributed by atoms with E-state index >= 15 is 0 Å². The number of benzene rings is 2. The normalized spacial score (nSPS) is 12.3. The molecule has 0 fully saturated rings. The zero-order valence-electron chi connectivity index (χ0n) is 18.1. The van der Waals surface area contributed by atoms with Crippen molar-refractivity contribution < 1.29 is 22.4 Å². The zero-order chi connectivity index (χ0) is 23.2. The van der Waals surface area contributed by atoms with Crippen LogP contribution in [0.5, 0.6) is 0 Å². The molecule has 0 spiro atoms. The monoisotopic (exact) mass is 449 g/mol. The number of amides is 2. The highest BCUT2D eigenvalue weighted by atomic mass is 32.2. The van der Waals surface area contributed by atoms with Crippen molar-refractivity contribution >= 4 is 27.5 Å². The van der Waals surface area contributed by atoms with E-state index in [9.17, 15) is 22.4 Å². The van der Waals surface area contributed by atoms with E-state index in [1.165, 1.54) is 29.2 Å². The minimum Gasteiger partial charge on any atom is -0.352 e. The van der Waals surface area contributed by atoms with E-state index < -0.39 is 34.3 Å². The first-order valence-corrected chi connectivity index (χ1v) is 11.7. The maximum absolute atomic E-state index is 13.3. The fourth-order valence-corrected chi connectivity index (χ4v) is 3.83. The van der Waals surface area contributed by atoms with Gasteiger partial charge in [-0.25, -0.2) is 12.8 Å². The summed E-state index contributed by atoms with van der Waals surface area (Å²) in [6, 6.07) is 12.9. The topological polar surface area (TPSA) is 86.8 Å². The van der Waals surface area contributed by atoms with Crippen molar-refractivity contribution in [2.75, 3.05) is 17.1 Å². The SMILES string of the molecule is CC(C)NC(=O)[C@@H](C)N(Cc1ccc(F)cc1)C(=O)CN(c1ccccc1)S(C)(=O)=O. The number of sulfonamides is 1. The Morgan fingerprint density at radius 2 is 1.58 bits per heavy atom. The average Bonchev–Trinajstić information content (AvgIpc) is 2.70. The van der Waals surface area contributed by atoms with E-state index in [4.69, 9.17) is 0 Å². The first kappa shape index (κ1) is 24.3. The predicted molar refractivity (Wildman–Crippen MR) is 118 cm³/mol. The van der Waals surface area contributed by atoms with Gasteiger partial charge in [-0.05, 0) is 50.6 Å². The minimum atomic E-state index is -3.75. The maximum Gasteiger partial charge on any atom is 0.244 e. The summed E-state index contributed by atoms with van der Waals surface area (Å²) >= 11 is 0. The molecule has 0 unspecified atom stereocenters. The lowest BCUT2D eigenvalue weighted by Gasteiger charge is -2.31. The van der Waals surface area contributed by atoms with Crippen LogP contribution in [0.4, 0.5) is 10.1 Å². The van der Waals surface area contributed by atoms with E-state index in [2.05, 4.69) is 5.32 Å². The molecule has 0 bridgehead atoms. The zero-order valence-corrected chi connectivity index (χ0v) is 18.9. The Labute approximate surface area is 182 Å². The smallest absolute Gasteiger partial charge is 0.244 e. The molecule has 0 saturated heterocycles. The highest BCUT2D eigenvalue weighted by molar-refractivity contribution is 7.92. The molecule has 0 aliphatic rings. The Hall–Kier alpha value is -2.94. The lowest BCUT2D eigenvalue weighted by Crippen LogP contribution is -2.52. The Morgan fingerprint density at radius 1 is 1.00 bits per heavy atom. The van der Waals surface area contributed by atoms with Gasteiger partial charge in [-0.2, -0.15) is 0 Å². The summed E-state index contributed by atoms with van der Waals surface area (Å²) in [5.41, 5.74) is 0.962. The molecule has 0 heterocycles. The minimum absolute atomic E-state index is 0.0260. The van der Waals surface area contributed by atoms with E-state index in [1.54, 1.807) is 51.1 Å². The molecule has 0 aliphatic carbocycles. The third-order valence-electron chi connectivity index (χ3n) is 4.59. The van der Waals surface area contributed by atoms with Crippen molar-refractivity contribution in [2.24, 2.45) is 0 Å². The Bertz CT molecular complexity index is 995. The van der Waals surface area contributed by atoms with Crippen LogP contribution in [-0.4, -0.2) is 50.0 Å². The summed E-state index contributed by atoms with van der Waals surface area (Å²) in [4.78, 5) is 27.1. The maximum atomic E-state index is 13.3. The standard InChI is InChI=1S/C22H28FN3O4S/c1-16(2)24-22(28)17(3)25(14-18-10-12-19(23)13-11-18)21(27)15-26(31(4,29)30)20-8-6-5-7-9-20/h5-13,16-17H,14-15H2,1-4H3,(H,24,28)/t17-/m1/s1. The summed E-state index contributed by atoms with van der Waals surface area (Å²) < 4.78 is 39.0. The number of carbonyl (C=O) groups excluding carboxylic acids is 2. The summed E-state index contributed by atoms with van der Waals surface area (Å²) in [5, 5.41) is 2.76. The number of rotatable bonds is 9. The average molecular weight is 450 g/mol. The predicted octanol–water partition coefficient (Wildman–Crippen LogP) is 2.53. The lowest BCUT2D eigenvalue weighted by molar-refractivity contribution is -0.139. The molecule has 31 heavy (non-hydrogen) atoms. The van der Waals surface area contributed by atoms with Crippen molar-refractivity contribution in [2.45, 2.75) is 39.4 Å². The number of hydrogen-bond acceptors (Lipinski definition) is 4. The molecule has 7 nitrogen and oxygen atoms in total. The second-order valence-corrected chi connectivity index (χ2v) is 9.50. The Kier molecular flexibility index (Phi) is 8.15. The quantitative estimate of drug-likeness (QED) is 0.637. The van der Waals surface area contributed by atoms with Gasteiger partial charge >= 0.3 is 0 Å². The summed E-state index contributed by atoms with van der Waals surface area (Å²) in [6.45, 7) is 4.74. The molecule has 0 aliphatic heterocycles. The van der Waals surface area contributed by atoms with Gasteiger partial charge in [0.15, 0.2) is 0 Å². The molecule has 9 heteroatoms. The molecule has 2 aromatic rings. The van der Waals surface area contributed by atoms with Crippen molar-refractivity contribution in [1.29, 1.82) is 0 Å². The molecule has 0 saturated carbocycles. The second kappa shape index (κ2) is 10.4. The number of para-hydroxylation sites is 1. The van der Waals surface area contributed by atoms with Crippen LogP contribution < -0.4 is 9.62 Å². The van der Waals surface area contributed by atoms with Crippen LogP contribution in [0, 0.1) is 5.82 Å². The van der Waals surface area contributed by atoms with Crippen LogP contribution in [0.2, 0.25) is 0 Å². The molecule has 2 amide bonds. The Balaban J connectivity index is 2.35. The van der Waals surface area contributed by atoms with E-state index in [0.717, 1.165) is 10.6 Å². The van der Waals surface area contributed by atoms with Gasteiger partial charge in [-0.3, -0.25) is 13.9 Å². The fourth-order valence-electron chi connectivity index (χ4n) is 2.98. The lowest BCUT2D eigenvalue weighted by atomic mass is 10.1. The van der Waals surface area contributed by atoms with Gasteiger partial charge in [0.1, 0.15) is 18.4 Å². The van der Waals surface area contributed by atoms with Crippen molar-refractivity contribution in [1.82, 2.24) is 10.2 Å². The van der Waals surface area contributed by atoms with Gasteiger partial charge in [0.2, 0.25) is 21.8 Å². The third-order valence-corrected chi connectivity index (χ3v) is 5.73. The van der Waals surface area contributed by atoms with Crippen LogP contribution in [0.1, 0.15) is 26.3 Å². The number of carbonyl (C=O) groups is 2. The van der Waals surface area contributed by atoms with Gasteiger partial charge in [-0.1, -0.05) is 30.3 Å². The number of nitrogens with one attached hydrogen (secondary N) is 1. The van der Waals surface area contributed by atoms with Gasteiger partial charge in [0.05, 0.1) is 11.9 Å². The number of nitrogens with zero attached hydrogens (tertiary/aromatic N) is 2. The van der Waals surface area contributed by atoms with Crippen LogP contribution in [0.25, 0.3) is 0 Å². The largest absolute Gasteiger partial charge is 0.352 e. The first-order chi connectivity index (χ1) is 14.5. The highest BCUT2D eigenvalue weighted by Crippen LogP contribution is 2.18. The second-order valence-electron chi connectivity index (χ2n) is 7.59. The van der Waals surface area contributed by atoms with Crippen molar-refractivity contribution in [3.05, 3.63) is 66.0 Å². The van der Waals surface area contributed by atoms with Crippen LogP contribution in [0.15, 0.2) is 54.6 Å². The van der Waals surface area contributed by atoms with E-state index in [-0.39, 0.29) is 18.5 Å². The first-order valence-electron chi connectivity index (χ1n) is 9.86. The third kappa shape index (κ3) is 7.06. The summed E-state index contributed by atoms with van der Waals surface area (Å²) in [6.07, 6.45) is 1.02. The van der Waals surface area contributed by atoms with Gasteiger partial charge in [-0.15, -0.1) is 0 Å². The Morgan fingerprint density at radius 3 is 2.10 bits per heavy atom. The van der Waals surface area contributed by atoms with E-state index in [0.29, 0.717) is 11.3 Å². The van der Waals surface area contributed by atoms with Crippen LogP contribution in [0.3, 0.4) is 0 Å². The van der Waals surface area contributed by atoms with Crippen molar-refractivity contribution in [3.63, 3.8) is 0 Å². The molecule has 1 N–H and O–H groups in total. The molecule has 0 aromatic heterocycles. The summed E-state index contributed by atoms with van der Waals surface area (Å²) in [7, 11) is -3.75. The summed E-state index contributed by atoms with van der Waals surface area (Å²) in [5.74, 6) is -1.33. The highest BCUT2D eigenvalue weighted by Gasteiger charge is 2.30. The van der Waals surface area contributed by atoms with Gasteiger partial charge in [0.25, 0.3) is 0 Å². The molecular formula is C22H28FN3O4S. The number of anilines is 1. The molecule has 2 rings (SSSR count). The van der Waals surface area contributed by atoms with E-state index in [1.807, 2.05) is 0 Å². The van der Waals surface area contributed by atoms with Crippen LogP contribution >= 0.6 is 0 Å². The molecule has 0 radical (unpaired) electrons. The molecule has 1 atom stereocenters. The molecule has 2 aromatic carbocycles. The molecular weight excluding hydrogens is 421 g/mol. The van der Waals surface area contributed by atoms with Crippen LogP contribution in [-0.2, 0) is 26.2 Å². The van der Waals surface area contributed by atoms with Gasteiger partial charge in [0, 0.05) is 12.6 Å². The van der Waals surface area contributed by atoms with Crippen molar-refractivity contribution in [3.8, 4) is 0 Å². The fraction of sp³-hybridized carbons (Fsp3) is 0.364. The number of halogens is 1. The number of hydrogen-bond donors (Lipinski definition) is 1.